The zero-order valence-electron chi connectivity index (χ0n) is 24.4. The highest BCUT2D eigenvalue weighted by molar-refractivity contribution is 6.32. The summed E-state index contributed by atoms with van der Waals surface area (Å²) in [6.45, 7) is 0. The molecule has 0 bridgehead atoms. The zero-order chi connectivity index (χ0) is 31.2. The highest BCUT2D eigenvalue weighted by Gasteiger charge is 2.70. The second-order valence-electron chi connectivity index (χ2n) is 12.5. The van der Waals surface area contributed by atoms with Gasteiger partial charge in [-0.05, 0) is 59.5 Å². The third-order valence-corrected chi connectivity index (χ3v) is 10.9. The standard InChI is InChI=1S/C37H29ClN2O5/c1-39-33(42)27-15-14-26-28(31(27)35(39)44)19-29-34(43)40(22-11-7-10-21(38)18-22)36(45)37(29,20-8-3-2-4-9-20)32(26)25-16-17-30(41)24-13-6-5-12-23(24)25/h2-14,16-18,27-29,31-32,41H,15,19H2,1H3. The Morgan fingerprint density at radius 1 is 0.800 bits per heavy atom. The Hall–Kier alpha value is -4.75. The van der Waals surface area contributed by atoms with Crippen molar-refractivity contribution in [3.8, 4) is 5.75 Å². The molecule has 2 heterocycles. The van der Waals surface area contributed by atoms with Crippen molar-refractivity contribution in [1.82, 2.24) is 4.90 Å². The van der Waals surface area contributed by atoms with Gasteiger partial charge in [0.2, 0.25) is 23.6 Å². The van der Waals surface area contributed by atoms with Crippen molar-refractivity contribution in [1.29, 1.82) is 0 Å². The van der Waals surface area contributed by atoms with Crippen molar-refractivity contribution >= 4 is 51.7 Å². The molecule has 0 spiro atoms. The van der Waals surface area contributed by atoms with Crippen molar-refractivity contribution in [2.75, 3.05) is 11.9 Å². The Labute approximate surface area is 264 Å². The van der Waals surface area contributed by atoms with E-state index in [4.69, 9.17) is 11.6 Å². The Bertz CT molecular complexity index is 1990. The molecule has 0 aromatic heterocycles. The number of aromatic hydroxyl groups is 1. The number of carbonyl (C=O) groups is 4. The summed E-state index contributed by atoms with van der Waals surface area (Å²) in [5, 5.41) is 12.7. The number of phenolic OH excluding ortho intramolecular Hbond substituents is 1. The third kappa shape index (κ3) is 3.64. The number of imide groups is 2. The Morgan fingerprint density at radius 3 is 2.29 bits per heavy atom. The molecule has 4 aromatic carbocycles. The fourth-order valence-corrected chi connectivity index (χ4v) is 8.99. The monoisotopic (exact) mass is 616 g/mol. The maximum atomic E-state index is 15.3. The maximum absolute atomic E-state index is 15.3. The van der Waals surface area contributed by atoms with Crippen LogP contribution in [0.3, 0.4) is 0 Å². The number of amides is 4. The minimum absolute atomic E-state index is 0.109. The van der Waals surface area contributed by atoms with Gasteiger partial charge in [-0.15, -0.1) is 0 Å². The molecule has 6 unspecified atom stereocenters. The van der Waals surface area contributed by atoms with E-state index < -0.39 is 35.0 Å². The molecule has 4 aliphatic rings. The summed E-state index contributed by atoms with van der Waals surface area (Å²) in [7, 11) is 1.52. The van der Waals surface area contributed by atoms with Gasteiger partial charge in [-0.25, -0.2) is 4.90 Å². The molecule has 6 atom stereocenters. The van der Waals surface area contributed by atoms with Gasteiger partial charge >= 0.3 is 0 Å². The molecule has 224 valence electrons. The van der Waals surface area contributed by atoms with E-state index in [-0.39, 0.29) is 35.8 Å². The van der Waals surface area contributed by atoms with E-state index in [1.165, 1.54) is 16.8 Å². The lowest BCUT2D eigenvalue weighted by molar-refractivity contribution is -0.138. The highest BCUT2D eigenvalue weighted by Crippen LogP contribution is 2.65. The van der Waals surface area contributed by atoms with Crippen molar-refractivity contribution in [2.24, 2.45) is 23.7 Å². The molecule has 0 radical (unpaired) electrons. The molecular weight excluding hydrogens is 588 g/mol. The van der Waals surface area contributed by atoms with Crippen molar-refractivity contribution < 1.29 is 24.3 Å². The van der Waals surface area contributed by atoms with Crippen LogP contribution in [0.1, 0.15) is 29.9 Å². The number of phenols is 1. The van der Waals surface area contributed by atoms with Gasteiger partial charge in [0.1, 0.15) is 5.75 Å². The number of carbonyl (C=O) groups excluding carboxylic acids is 4. The predicted molar refractivity (Wildman–Crippen MR) is 169 cm³/mol. The van der Waals surface area contributed by atoms with Gasteiger partial charge in [0.25, 0.3) is 0 Å². The van der Waals surface area contributed by atoms with Gasteiger partial charge in [-0.2, -0.15) is 0 Å². The van der Waals surface area contributed by atoms with Gasteiger partial charge in [0.15, 0.2) is 0 Å². The van der Waals surface area contributed by atoms with Crippen LogP contribution < -0.4 is 4.90 Å². The number of rotatable bonds is 3. The molecule has 7 nitrogen and oxygen atoms in total. The van der Waals surface area contributed by atoms with E-state index >= 15 is 4.79 Å². The summed E-state index contributed by atoms with van der Waals surface area (Å²) < 4.78 is 0. The molecule has 8 rings (SSSR count). The molecule has 3 fully saturated rings. The van der Waals surface area contributed by atoms with Crippen LogP contribution >= 0.6 is 11.6 Å². The summed E-state index contributed by atoms with van der Waals surface area (Å²) in [5.74, 6) is -4.11. The lowest BCUT2D eigenvalue weighted by Gasteiger charge is -2.51. The topological polar surface area (TPSA) is 95.0 Å². The predicted octanol–water partition coefficient (Wildman–Crippen LogP) is 5.99. The average Bonchev–Trinajstić information content (AvgIpc) is 3.42. The van der Waals surface area contributed by atoms with Gasteiger partial charge in [-0.1, -0.05) is 90.0 Å². The number of nitrogens with zero attached hydrogens (tertiary/aromatic N) is 2. The number of likely N-dealkylation sites (tertiary alicyclic amines) is 1. The minimum atomic E-state index is -1.37. The molecule has 1 N–H and O–H groups in total. The molecular formula is C37H29ClN2O5. The number of hydrogen-bond acceptors (Lipinski definition) is 5. The maximum Gasteiger partial charge on any atom is 0.246 e. The molecule has 2 aliphatic heterocycles. The third-order valence-electron chi connectivity index (χ3n) is 10.6. The second-order valence-corrected chi connectivity index (χ2v) is 13.0. The van der Waals surface area contributed by atoms with E-state index in [1.54, 1.807) is 30.3 Å². The molecule has 2 saturated heterocycles. The highest BCUT2D eigenvalue weighted by atomic mass is 35.5. The Balaban J connectivity index is 1.46. The normalized spacial score (nSPS) is 29.1. The van der Waals surface area contributed by atoms with Crippen molar-refractivity contribution in [3.05, 3.63) is 119 Å². The van der Waals surface area contributed by atoms with E-state index in [0.717, 1.165) is 16.5 Å². The van der Waals surface area contributed by atoms with Crippen LogP contribution in [0.25, 0.3) is 10.8 Å². The number of allylic oxidation sites excluding steroid dienone is 2. The fraction of sp³-hybridized carbons (Fsp3) is 0.243. The number of hydrogen-bond donors (Lipinski definition) is 1. The molecule has 4 aromatic rings. The molecule has 8 heteroatoms. The quantitative estimate of drug-likeness (QED) is 0.225. The van der Waals surface area contributed by atoms with Gasteiger partial charge in [0, 0.05) is 23.4 Å². The Kier molecular flexibility index (Phi) is 6.10. The summed E-state index contributed by atoms with van der Waals surface area (Å²) >= 11 is 6.38. The van der Waals surface area contributed by atoms with Crippen LogP contribution in [-0.4, -0.2) is 40.7 Å². The van der Waals surface area contributed by atoms with Crippen molar-refractivity contribution in [2.45, 2.75) is 24.2 Å². The summed E-state index contributed by atoms with van der Waals surface area (Å²) in [5.41, 5.74) is 1.39. The minimum Gasteiger partial charge on any atom is -0.507 e. The van der Waals surface area contributed by atoms with E-state index in [2.05, 4.69) is 0 Å². The summed E-state index contributed by atoms with van der Waals surface area (Å²) in [4.78, 5) is 59.4. The molecule has 4 amide bonds. The fourth-order valence-electron chi connectivity index (χ4n) is 8.80. The molecule has 1 saturated carbocycles. The SMILES string of the molecule is CN1C(=O)C2CC=C3C(CC4C(=O)N(c5cccc(Cl)c5)C(=O)C4(c4ccccc4)C3c3ccc(O)c4ccccc34)C2C1=O. The first kappa shape index (κ1) is 27.8. The van der Waals surface area contributed by atoms with Gasteiger partial charge < -0.3 is 5.11 Å². The van der Waals surface area contributed by atoms with Crippen LogP contribution in [-0.2, 0) is 24.6 Å². The zero-order valence-corrected chi connectivity index (χ0v) is 25.1. The first-order chi connectivity index (χ1) is 21.7. The number of fused-ring (bicyclic) bond motifs is 5. The largest absolute Gasteiger partial charge is 0.507 e. The lowest BCUT2D eigenvalue weighted by atomic mass is 9.49. The van der Waals surface area contributed by atoms with Crippen molar-refractivity contribution in [3.63, 3.8) is 0 Å². The van der Waals surface area contributed by atoms with Crippen LogP contribution in [0.2, 0.25) is 5.02 Å². The van der Waals surface area contributed by atoms with Crippen LogP contribution in [0, 0.1) is 23.7 Å². The smallest absolute Gasteiger partial charge is 0.246 e. The average molecular weight is 617 g/mol. The van der Waals surface area contributed by atoms with Gasteiger partial charge in [0.05, 0.1) is 28.9 Å². The lowest BCUT2D eigenvalue weighted by Crippen LogP contribution is -2.53. The first-order valence-electron chi connectivity index (χ1n) is 15.2. The van der Waals surface area contributed by atoms with Gasteiger partial charge in [-0.3, -0.25) is 24.1 Å². The van der Waals surface area contributed by atoms with E-state index in [0.29, 0.717) is 28.1 Å². The Morgan fingerprint density at radius 2 is 1.53 bits per heavy atom. The van der Waals surface area contributed by atoms with E-state index in [9.17, 15) is 19.5 Å². The van der Waals surface area contributed by atoms with Crippen LogP contribution in [0.5, 0.6) is 5.75 Å². The first-order valence-corrected chi connectivity index (χ1v) is 15.5. The van der Waals surface area contributed by atoms with Crippen LogP contribution in [0.4, 0.5) is 5.69 Å². The summed E-state index contributed by atoms with van der Waals surface area (Å²) in [6, 6.07) is 27.1. The number of anilines is 1. The van der Waals surface area contributed by atoms with E-state index in [1.807, 2.05) is 66.7 Å². The summed E-state index contributed by atoms with van der Waals surface area (Å²) in [6.07, 6.45) is 2.65. The molecule has 2 aliphatic carbocycles. The number of halogens is 1. The second kappa shape index (κ2) is 9.88. The number of benzene rings is 4. The molecule has 45 heavy (non-hydrogen) atoms. The van der Waals surface area contributed by atoms with Crippen LogP contribution in [0.15, 0.2) is 103 Å².